The summed E-state index contributed by atoms with van der Waals surface area (Å²) in [6, 6.07) is 0. The molecule has 0 aromatic heterocycles. The van der Waals surface area contributed by atoms with Gasteiger partial charge in [0.2, 0.25) is 0 Å². The van der Waals surface area contributed by atoms with E-state index in [4.69, 9.17) is 30.6 Å². The van der Waals surface area contributed by atoms with Crippen molar-refractivity contribution in [2.45, 2.75) is 116 Å². The lowest BCUT2D eigenvalue weighted by Crippen LogP contribution is -2.15. The zero-order chi connectivity index (χ0) is 25.0. The maximum Gasteiger partial charge on any atom is 0.303 e. The van der Waals surface area contributed by atoms with Gasteiger partial charge in [0.15, 0.2) is 0 Å². The smallest absolute Gasteiger partial charge is 0.303 e. The lowest BCUT2D eigenvalue weighted by molar-refractivity contribution is -0.143. The topological polar surface area (TPSA) is 173 Å². The Balaban J connectivity index is -0.000000492. The van der Waals surface area contributed by atoms with Crippen LogP contribution in [0.25, 0.3) is 0 Å². The predicted molar refractivity (Wildman–Crippen MR) is 123 cm³/mol. The second-order valence-corrected chi connectivity index (χ2v) is 7.69. The summed E-state index contributed by atoms with van der Waals surface area (Å²) in [6.07, 6.45) is 15.7. The van der Waals surface area contributed by atoms with Gasteiger partial charge in [0.25, 0.3) is 0 Å². The molecule has 0 aliphatic carbocycles. The molecule has 0 fully saturated rings. The van der Waals surface area contributed by atoms with Gasteiger partial charge in [-0.25, -0.2) is 0 Å². The SMILES string of the molecule is CCCCCCCCCCCCCCCC(=O)O.O=C(O)CCC(=O)O.OCC(O)CO. The van der Waals surface area contributed by atoms with Crippen molar-refractivity contribution in [3.8, 4) is 0 Å². The number of hydrogen-bond donors (Lipinski definition) is 6. The van der Waals surface area contributed by atoms with E-state index in [2.05, 4.69) is 6.92 Å². The lowest BCUT2D eigenvalue weighted by Gasteiger charge is -2.02. The predicted octanol–water partition coefficient (Wildman–Crippen LogP) is 3.82. The van der Waals surface area contributed by atoms with Crippen LogP contribution in [0.3, 0.4) is 0 Å². The van der Waals surface area contributed by atoms with Crippen LogP contribution in [0.1, 0.15) is 110 Å². The van der Waals surface area contributed by atoms with Gasteiger partial charge >= 0.3 is 17.9 Å². The molecule has 0 aromatic rings. The molecule has 0 aliphatic rings. The molecule has 0 radical (unpaired) electrons. The second-order valence-electron chi connectivity index (χ2n) is 7.69. The summed E-state index contributed by atoms with van der Waals surface area (Å²) >= 11 is 0. The largest absolute Gasteiger partial charge is 0.481 e. The Morgan fingerprint density at radius 2 is 0.812 bits per heavy atom. The summed E-state index contributed by atoms with van der Waals surface area (Å²) in [5.74, 6) is -2.81. The van der Waals surface area contributed by atoms with Crippen molar-refractivity contribution in [3.05, 3.63) is 0 Å². The molecule has 0 aliphatic heterocycles. The van der Waals surface area contributed by atoms with Gasteiger partial charge in [-0.15, -0.1) is 0 Å². The van der Waals surface area contributed by atoms with E-state index >= 15 is 0 Å². The van der Waals surface area contributed by atoms with Gasteiger partial charge in [-0.05, 0) is 6.42 Å². The van der Waals surface area contributed by atoms with Crippen molar-refractivity contribution < 1.29 is 45.0 Å². The Labute approximate surface area is 192 Å². The first-order chi connectivity index (χ1) is 15.2. The highest BCUT2D eigenvalue weighted by atomic mass is 16.4. The zero-order valence-corrected chi connectivity index (χ0v) is 19.7. The van der Waals surface area contributed by atoms with E-state index in [0.29, 0.717) is 6.42 Å². The van der Waals surface area contributed by atoms with Gasteiger partial charge in [-0.2, -0.15) is 0 Å². The van der Waals surface area contributed by atoms with Crippen LogP contribution >= 0.6 is 0 Å². The Kier molecular flexibility index (Phi) is 31.9. The van der Waals surface area contributed by atoms with Crippen LogP contribution < -0.4 is 0 Å². The lowest BCUT2D eigenvalue weighted by atomic mass is 10.0. The van der Waals surface area contributed by atoms with Gasteiger partial charge in [0.1, 0.15) is 6.10 Å². The van der Waals surface area contributed by atoms with Crippen molar-refractivity contribution in [1.82, 2.24) is 0 Å². The van der Waals surface area contributed by atoms with E-state index in [1.54, 1.807) is 0 Å². The number of carboxylic acid groups (broad SMARTS) is 3. The van der Waals surface area contributed by atoms with Crippen molar-refractivity contribution in [3.63, 3.8) is 0 Å². The average Bonchev–Trinajstić information content (AvgIpc) is 2.75. The van der Waals surface area contributed by atoms with E-state index < -0.39 is 24.0 Å². The first kappa shape index (κ1) is 34.9. The highest BCUT2D eigenvalue weighted by molar-refractivity contribution is 5.75. The number of hydrogen-bond acceptors (Lipinski definition) is 6. The van der Waals surface area contributed by atoms with E-state index in [-0.39, 0.29) is 26.1 Å². The Bertz CT molecular complexity index is 410. The van der Waals surface area contributed by atoms with Crippen LogP contribution in [-0.4, -0.2) is 67.9 Å². The minimum atomic E-state index is -1.08. The van der Waals surface area contributed by atoms with Gasteiger partial charge < -0.3 is 30.6 Å². The molecular weight excluding hydrogens is 420 g/mol. The second kappa shape index (κ2) is 29.3. The minimum Gasteiger partial charge on any atom is -0.481 e. The molecule has 32 heavy (non-hydrogen) atoms. The third-order valence-corrected chi connectivity index (χ3v) is 4.47. The van der Waals surface area contributed by atoms with Gasteiger partial charge in [0, 0.05) is 6.42 Å². The fourth-order valence-corrected chi connectivity index (χ4v) is 2.57. The maximum absolute atomic E-state index is 10.3. The molecular formula is C23H46O9. The monoisotopic (exact) mass is 466 g/mol. The molecule has 0 rings (SSSR count). The van der Waals surface area contributed by atoms with Crippen molar-refractivity contribution in [2.24, 2.45) is 0 Å². The van der Waals surface area contributed by atoms with Gasteiger partial charge in [0.05, 0.1) is 26.1 Å². The molecule has 6 N–H and O–H groups in total. The summed E-state index contributed by atoms with van der Waals surface area (Å²) in [4.78, 5) is 29.6. The molecule has 0 saturated carbocycles. The Hall–Kier alpha value is -1.71. The Morgan fingerprint density at radius 3 is 1.03 bits per heavy atom. The van der Waals surface area contributed by atoms with E-state index in [1.807, 2.05) is 0 Å². The summed E-state index contributed by atoms with van der Waals surface area (Å²) in [7, 11) is 0. The standard InChI is InChI=1S/C16H32O2.C4H6O4.C3H8O3/c1-2-3-4-5-6-7-8-9-10-11-12-13-14-15-16(17)18;5-3(6)1-2-4(7)8;4-1-3(6)2-5/h2-15H2,1H3,(H,17,18);1-2H2,(H,5,6)(H,7,8);3-6H,1-2H2. The van der Waals surface area contributed by atoms with Crippen LogP contribution in [0.5, 0.6) is 0 Å². The first-order valence-corrected chi connectivity index (χ1v) is 11.8. The van der Waals surface area contributed by atoms with E-state index in [9.17, 15) is 14.4 Å². The van der Waals surface area contributed by atoms with Crippen LogP contribution in [0.4, 0.5) is 0 Å². The molecule has 0 atom stereocenters. The molecule has 0 saturated heterocycles. The van der Waals surface area contributed by atoms with Crippen molar-refractivity contribution in [1.29, 1.82) is 0 Å². The van der Waals surface area contributed by atoms with Gasteiger partial charge in [-0.1, -0.05) is 84.0 Å². The van der Waals surface area contributed by atoms with Crippen molar-refractivity contribution in [2.75, 3.05) is 13.2 Å². The molecule has 0 unspecified atom stereocenters. The summed E-state index contributed by atoms with van der Waals surface area (Å²) in [5, 5.41) is 48.3. The summed E-state index contributed by atoms with van der Waals surface area (Å²) in [6.45, 7) is 1.53. The summed E-state index contributed by atoms with van der Waals surface area (Å²) < 4.78 is 0. The van der Waals surface area contributed by atoms with Crippen molar-refractivity contribution >= 4 is 17.9 Å². The molecule has 0 spiro atoms. The van der Waals surface area contributed by atoms with Crippen LogP contribution in [-0.2, 0) is 14.4 Å². The molecule has 9 heteroatoms. The molecule has 192 valence electrons. The quantitative estimate of drug-likeness (QED) is 0.155. The molecule has 0 heterocycles. The first-order valence-electron chi connectivity index (χ1n) is 11.8. The maximum atomic E-state index is 10.3. The third-order valence-electron chi connectivity index (χ3n) is 4.47. The Morgan fingerprint density at radius 1 is 0.531 bits per heavy atom. The highest BCUT2D eigenvalue weighted by Crippen LogP contribution is 2.12. The van der Waals surface area contributed by atoms with E-state index in [0.717, 1.165) is 12.8 Å². The number of aliphatic hydroxyl groups is 3. The fourth-order valence-electron chi connectivity index (χ4n) is 2.57. The third kappa shape index (κ3) is 42.4. The van der Waals surface area contributed by atoms with Crippen LogP contribution in [0.2, 0.25) is 0 Å². The highest BCUT2D eigenvalue weighted by Gasteiger charge is 2.00. The minimum absolute atomic E-state index is 0.296. The number of rotatable bonds is 19. The van der Waals surface area contributed by atoms with Gasteiger partial charge in [-0.3, -0.25) is 14.4 Å². The molecule has 0 amide bonds. The number of aliphatic carboxylic acids is 3. The number of aliphatic hydroxyl groups excluding tert-OH is 3. The van der Waals surface area contributed by atoms with Crippen LogP contribution in [0, 0.1) is 0 Å². The molecule has 0 bridgehead atoms. The zero-order valence-electron chi connectivity index (χ0n) is 19.7. The van der Waals surface area contributed by atoms with Crippen LogP contribution in [0.15, 0.2) is 0 Å². The molecule has 0 aromatic carbocycles. The normalized spacial score (nSPS) is 10.0. The number of carbonyl (C=O) groups is 3. The fraction of sp³-hybridized carbons (Fsp3) is 0.870. The molecule has 9 nitrogen and oxygen atoms in total. The number of unbranched alkanes of at least 4 members (excludes halogenated alkanes) is 12. The van der Waals surface area contributed by atoms with E-state index in [1.165, 1.54) is 70.6 Å². The average molecular weight is 467 g/mol. The number of carboxylic acids is 3. The summed E-state index contributed by atoms with van der Waals surface area (Å²) in [5.41, 5.74) is 0.